The second-order valence-corrected chi connectivity index (χ2v) is 5.23. The van der Waals surface area contributed by atoms with E-state index in [1.165, 1.54) is 5.56 Å². The van der Waals surface area contributed by atoms with Crippen molar-refractivity contribution in [3.05, 3.63) is 54.6 Å². The van der Waals surface area contributed by atoms with Gasteiger partial charge in [0.15, 0.2) is 5.82 Å². The molecule has 20 heavy (non-hydrogen) atoms. The van der Waals surface area contributed by atoms with Crippen molar-refractivity contribution in [2.24, 2.45) is 0 Å². The van der Waals surface area contributed by atoms with Gasteiger partial charge >= 0.3 is 0 Å². The Bertz CT molecular complexity index is 722. The minimum atomic E-state index is 0.810. The van der Waals surface area contributed by atoms with Crippen LogP contribution in [-0.4, -0.2) is 26.0 Å². The standard InChI is InChI=1S/C15H14N4S/c1-11-7-15(20-2)17-9-13(11)12-8-18-19(10-12)14-5-3-4-6-16-14/h3-10H,1-2H3. The maximum atomic E-state index is 4.43. The fourth-order valence-corrected chi connectivity index (χ4v) is 2.47. The van der Waals surface area contributed by atoms with E-state index in [0.717, 1.165) is 22.0 Å². The Labute approximate surface area is 121 Å². The lowest BCUT2D eigenvalue weighted by atomic mass is 10.1. The minimum absolute atomic E-state index is 0.810. The first-order valence-corrected chi connectivity index (χ1v) is 7.47. The fourth-order valence-electron chi connectivity index (χ4n) is 2.02. The van der Waals surface area contributed by atoms with Crippen molar-refractivity contribution in [3.8, 4) is 16.9 Å². The molecule has 3 heterocycles. The zero-order chi connectivity index (χ0) is 13.9. The highest BCUT2D eigenvalue weighted by Crippen LogP contribution is 2.25. The predicted molar refractivity (Wildman–Crippen MR) is 81.1 cm³/mol. The van der Waals surface area contributed by atoms with Crippen LogP contribution in [0, 0.1) is 6.92 Å². The summed E-state index contributed by atoms with van der Waals surface area (Å²) in [6.45, 7) is 2.09. The first-order chi connectivity index (χ1) is 9.78. The molecule has 0 aromatic carbocycles. The molecule has 0 N–H and O–H groups in total. The molecule has 0 unspecified atom stereocenters. The third-order valence-corrected chi connectivity index (χ3v) is 3.71. The Hall–Kier alpha value is -2.14. The Morgan fingerprint density at radius 2 is 2.05 bits per heavy atom. The molecule has 0 aliphatic heterocycles. The lowest BCUT2D eigenvalue weighted by molar-refractivity contribution is 0.847. The second-order valence-electron chi connectivity index (χ2n) is 4.40. The number of aromatic nitrogens is 4. The second kappa shape index (κ2) is 5.46. The maximum Gasteiger partial charge on any atom is 0.153 e. The first-order valence-electron chi connectivity index (χ1n) is 6.25. The molecule has 0 saturated carbocycles. The molecule has 3 aromatic heterocycles. The number of nitrogens with zero attached hydrogens (tertiary/aromatic N) is 4. The Morgan fingerprint density at radius 3 is 2.75 bits per heavy atom. The van der Waals surface area contributed by atoms with Crippen molar-refractivity contribution in [1.29, 1.82) is 0 Å². The maximum absolute atomic E-state index is 4.43. The van der Waals surface area contributed by atoms with E-state index in [4.69, 9.17) is 0 Å². The van der Waals surface area contributed by atoms with Gasteiger partial charge in [-0.05, 0) is 36.9 Å². The monoisotopic (exact) mass is 282 g/mol. The van der Waals surface area contributed by atoms with E-state index in [-0.39, 0.29) is 0 Å². The van der Waals surface area contributed by atoms with Gasteiger partial charge in [0.1, 0.15) is 0 Å². The molecule has 0 atom stereocenters. The van der Waals surface area contributed by atoms with Crippen LogP contribution in [0.2, 0.25) is 0 Å². The molecule has 0 aliphatic rings. The van der Waals surface area contributed by atoms with Gasteiger partial charge in [-0.25, -0.2) is 14.6 Å². The van der Waals surface area contributed by atoms with E-state index < -0.39 is 0 Å². The molecular formula is C15H14N4S. The highest BCUT2D eigenvalue weighted by atomic mass is 32.2. The van der Waals surface area contributed by atoms with Crippen molar-refractivity contribution in [2.75, 3.05) is 6.26 Å². The summed E-state index contributed by atoms with van der Waals surface area (Å²) < 4.78 is 1.78. The third kappa shape index (κ3) is 2.44. The smallest absolute Gasteiger partial charge is 0.153 e. The number of hydrogen-bond acceptors (Lipinski definition) is 4. The highest BCUT2D eigenvalue weighted by molar-refractivity contribution is 7.98. The number of pyridine rings is 2. The molecule has 0 saturated heterocycles. The zero-order valence-corrected chi connectivity index (χ0v) is 12.1. The van der Waals surface area contributed by atoms with Crippen molar-refractivity contribution >= 4 is 11.8 Å². The highest BCUT2D eigenvalue weighted by Gasteiger charge is 2.07. The molecule has 3 rings (SSSR count). The summed E-state index contributed by atoms with van der Waals surface area (Å²) in [6.07, 6.45) is 9.51. The van der Waals surface area contributed by atoms with Crippen LogP contribution in [0.15, 0.2) is 54.1 Å². The van der Waals surface area contributed by atoms with Crippen molar-refractivity contribution in [3.63, 3.8) is 0 Å². The van der Waals surface area contributed by atoms with E-state index in [2.05, 4.69) is 28.1 Å². The molecule has 5 heteroatoms. The molecular weight excluding hydrogens is 268 g/mol. The van der Waals surface area contributed by atoms with E-state index in [0.29, 0.717) is 0 Å². The van der Waals surface area contributed by atoms with Gasteiger partial charge in [0, 0.05) is 29.7 Å². The summed E-state index contributed by atoms with van der Waals surface area (Å²) in [5.41, 5.74) is 3.35. The zero-order valence-electron chi connectivity index (χ0n) is 11.3. The molecule has 0 fully saturated rings. The van der Waals surface area contributed by atoms with Gasteiger partial charge in [-0.1, -0.05) is 6.07 Å². The third-order valence-electron chi connectivity index (χ3n) is 3.07. The van der Waals surface area contributed by atoms with Crippen LogP contribution < -0.4 is 0 Å². The SMILES string of the molecule is CSc1cc(C)c(-c2cnn(-c3ccccn3)c2)cn1. The van der Waals surface area contributed by atoms with Crippen molar-refractivity contribution in [1.82, 2.24) is 19.7 Å². The largest absolute Gasteiger partial charge is 0.249 e. The normalized spacial score (nSPS) is 10.7. The number of thioether (sulfide) groups is 1. The van der Waals surface area contributed by atoms with Crippen molar-refractivity contribution in [2.45, 2.75) is 11.9 Å². The van der Waals surface area contributed by atoms with E-state index >= 15 is 0 Å². The molecule has 4 nitrogen and oxygen atoms in total. The van der Waals surface area contributed by atoms with E-state index in [9.17, 15) is 0 Å². The Balaban J connectivity index is 1.98. The van der Waals surface area contributed by atoms with Crippen LogP contribution in [0.25, 0.3) is 16.9 Å². The summed E-state index contributed by atoms with van der Waals surface area (Å²) in [5, 5.41) is 5.40. The molecule has 0 aliphatic carbocycles. The first kappa shape index (κ1) is 12.9. The molecule has 3 aromatic rings. The number of rotatable bonds is 3. The van der Waals surface area contributed by atoms with Crippen LogP contribution in [-0.2, 0) is 0 Å². The Morgan fingerprint density at radius 1 is 1.15 bits per heavy atom. The van der Waals surface area contributed by atoms with Crippen LogP contribution in [0.3, 0.4) is 0 Å². The molecule has 0 bridgehead atoms. The summed E-state index contributed by atoms with van der Waals surface area (Å²) in [7, 11) is 0. The molecule has 100 valence electrons. The van der Waals surface area contributed by atoms with Crippen LogP contribution in [0.1, 0.15) is 5.56 Å². The van der Waals surface area contributed by atoms with E-state index in [1.807, 2.05) is 43.0 Å². The van der Waals surface area contributed by atoms with Gasteiger partial charge in [-0.15, -0.1) is 11.8 Å². The van der Waals surface area contributed by atoms with Gasteiger partial charge in [0.05, 0.1) is 11.2 Å². The summed E-state index contributed by atoms with van der Waals surface area (Å²) >= 11 is 1.65. The molecule has 0 spiro atoms. The summed E-state index contributed by atoms with van der Waals surface area (Å²) in [6, 6.07) is 7.86. The van der Waals surface area contributed by atoms with Gasteiger partial charge in [0.2, 0.25) is 0 Å². The fraction of sp³-hybridized carbons (Fsp3) is 0.133. The van der Waals surface area contributed by atoms with Crippen molar-refractivity contribution < 1.29 is 0 Å². The van der Waals surface area contributed by atoms with Crippen LogP contribution >= 0.6 is 11.8 Å². The quantitative estimate of drug-likeness (QED) is 0.691. The van der Waals surface area contributed by atoms with Gasteiger partial charge < -0.3 is 0 Å². The van der Waals surface area contributed by atoms with Gasteiger partial charge in [0.25, 0.3) is 0 Å². The van der Waals surface area contributed by atoms with E-state index in [1.54, 1.807) is 22.6 Å². The summed E-state index contributed by atoms with van der Waals surface area (Å²) in [5.74, 6) is 0.810. The lowest BCUT2D eigenvalue weighted by Crippen LogP contribution is -1.96. The average Bonchev–Trinajstić information content (AvgIpc) is 2.97. The topological polar surface area (TPSA) is 43.6 Å². The average molecular weight is 282 g/mol. The molecule has 0 radical (unpaired) electrons. The number of hydrogen-bond donors (Lipinski definition) is 0. The van der Waals surface area contributed by atoms with Gasteiger partial charge in [-0.3, -0.25) is 0 Å². The van der Waals surface area contributed by atoms with Crippen LogP contribution in [0.4, 0.5) is 0 Å². The Kier molecular flexibility index (Phi) is 3.52. The van der Waals surface area contributed by atoms with Gasteiger partial charge in [-0.2, -0.15) is 5.10 Å². The van der Waals surface area contributed by atoms with Crippen LogP contribution in [0.5, 0.6) is 0 Å². The predicted octanol–water partition coefficient (Wildman–Crippen LogP) is 3.36. The summed E-state index contributed by atoms with van der Waals surface area (Å²) in [4.78, 5) is 8.71. The lowest BCUT2D eigenvalue weighted by Gasteiger charge is -2.04. The number of aryl methyl sites for hydroxylation is 1. The minimum Gasteiger partial charge on any atom is -0.249 e. The molecule has 0 amide bonds.